The van der Waals surface area contributed by atoms with Gasteiger partial charge in [-0.3, -0.25) is 0 Å². The molecule has 4 rings (SSSR count). The zero-order valence-corrected chi connectivity index (χ0v) is 55.7. The molecule has 0 bridgehead atoms. The Kier molecular flexibility index (Phi) is 20.0. The van der Waals surface area contributed by atoms with Gasteiger partial charge in [-0.15, -0.1) is 5.19 Å². The summed E-state index contributed by atoms with van der Waals surface area (Å²) in [6, 6.07) is 8.60. The SMILES string of the molecule is Cc1cc([Si](c2cc(C)c([Si](C)(C)C)c(C)c2[Si](C)(C)C)(c2cc(C)c([Si](C)(C)C)c(C)c2[Si](C)(C)C)[c-]2c(C)c(C)c(C)c2C)c([Si](C)(C)C)c(C)c1[Si](C)(C)C.[Cl-].[Cl-].[Cl-].[Ti+4]. The first-order valence-corrected chi connectivity index (χ1v) is 45.5. The van der Waals surface area contributed by atoms with Crippen molar-refractivity contribution in [1.29, 1.82) is 0 Å². The van der Waals surface area contributed by atoms with Gasteiger partial charge in [0.25, 0.3) is 0 Å². The Bertz CT molecular complexity index is 2060. The minimum atomic E-state index is -3.15. The Morgan fingerprint density at radius 3 is 0.629 bits per heavy atom. The molecule has 0 amide bonds. The van der Waals surface area contributed by atoms with Crippen LogP contribution in [0.15, 0.2) is 18.2 Å². The van der Waals surface area contributed by atoms with Gasteiger partial charge in [0.1, 0.15) is 8.07 Å². The van der Waals surface area contributed by atoms with Gasteiger partial charge in [0, 0.05) is 0 Å². The molecule has 4 aromatic carbocycles. The smallest absolute Gasteiger partial charge is 1.00 e. The van der Waals surface area contributed by atoms with Gasteiger partial charge in [0.2, 0.25) is 0 Å². The monoisotopic (exact) mass is 1050 g/mol. The van der Waals surface area contributed by atoms with Crippen LogP contribution < -0.4 is 89.1 Å². The summed E-state index contributed by atoms with van der Waals surface area (Å²) in [7, 11) is -14.1. The molecule has 0 fully saturated rings. The van der Waals surface area contributed by atoms with Crippen LogP contribution in [0.3, 0.4) is 0 Å². The third-order valence-electron chi connectivity index (χ3n) is 13.8. The molecule has 0 atom stereocenters. The maximum absolute atomic E-state index is 3.15. The Balaban J connectivity index is 0.00000930. The second-order valence-electron chi connectivity index (χ2n) is 25.0. The summed E-state index contributed by atoms with van der Waals surface area (Å²) in [6.07, 6.45) is 0. The van der Waals surface area contributed by atoms with Crippen molar-refractivity contribution in [3.63, 3.8) is 0 Å². The molecule has 62 heavy (non-hydrogen) atoms. The second kappa shape index (κ2) is 20.0. The van der Waals surface area contributed by atoms with E-state index in [1.54, 1.807) is 96.4 Å². The zero-order chi connectivity index (χ0) is 45.2. The van der Waals surface area contributed by atoms with E-state index in [0.717, 1.165) is 0 Å². The molecule has 0 saturated heterocycles. The van der Waals surface area contributed by atoms with Crippen LogP contribution in [-0.2, 0) is 21.7 Å². The largest absolute Gasteiger partial charge is 4.00 e. The van der Waals surface area contributed by atoms with Crippen molar-refractivity contribution in [1.82, 2.24) is 0 Å². The fraction of sp³-hybridized carbons (Fsp3) is 0.549. The van der Waals surface area contributed by atoms with Gasteiger partial charge >= 0.3 is 21.7 Å². The van der Waals surface area contributed by atoms with Gasteiger partial charge in [0.15, 0.2) is 0 Å². The van der Waals surface area contributed by atoms with Crippen LogP contribution in [-0.4, -0.2) is 56.5 Å². The van der Waals surface area contributed by atoms with E-state index in [1.807, 2.05) is 0 Å². The predicted octanol–water partition coefficient (Wildman–Crippen LogP) is 0.148. The van der Waals surface area contributed by atoms with Crippen molar-refractivity contribution in [2.75, 3.05) is 0 Å². The van der Waals surface area contributed by atoms with E-state index in [4.69, 9.17) is 0 Å². The van der Waals surface area contributed by atoms with E-state index in [9.17, 15) is 0 Å². The van der Waals surface area contributed by atoms with Gasteiger partial charge in [-0.1, -0.05) is 244 Å². The van der Waals surface area contributed by atoms with Crippen LogP contribution in [0.2, 0.25) is 118 Å². The first-order chi connectivity index (χ1) is 25.8. The first kappa shape index (κ1) is 62.1. The van der Waals surface area contributed by atoms with E-state index in [1.165, 1.54) is 11.1 Å². The predicted molar refractivity (Wildman–Crippen MR) is 291 cm³/mol. The van der Waals surface area contributed by atoms with Crippen LogP contribution >= 0.6 is 0 Å². The van der Waals surface area contributed by atoms with E-state index in [0.29, 0.717) is 0 Å². The summed E-state index contributed by atoms with van der Waals surface area (Å²) in [5, 5.41) is 17.4. The molecule has 0 radical (unpaired) electrons. The summed E-state index contributed by atoms with van der Waals surface area (Å²) in [6.45, 7) is 72.6. The van der Waals surface area contributed by atoms with E-state index in [-0.39, 0.29) is 58.9 Å². The van der Waals surface area contributed by atoms with E-state index < -0.39 is 56.5 Å². The van der Waals surface area contributed by atoms with Gasteiger partial charge in [-0.2, -0.15) is 22.3 Å². The summed E-state index contributed by atoms with van der Waals surface area (Å²) < 4.78 is 0. The maximum atomic E-state index is 2.87. The molecule has 344 valence electrons. The summed E-state index contributed by atoms with van der Waals surface area (Å²) in [4.78, 5) is 0. The quantitative estimate of drug-likeness (QED) is 0.121. The van der Waals surface area contributed by atoms with Gasteiger partial charge in [-0.05, 0) is 41.5 Å². The molecule has 0 unspecified atom stereocenters. The number of halogens is 3. The molecular formula is C51H87Cl3Si7Ti. The van der Waals surface area contributed by atoms with Crippen molar-refractivity contribution in [2.24, 2.45) is 0 Å². The molecule has 4 aromatic rings. The van der Waals surface area contributed by atoms with E-state index in [2.05, 4.69) is 205 Å². The van der Waals surface area contributed by atoms with E-state index >= 15 is 0 Å². The van der Waals surface area contributed by atoms with Gasteiger partial charge in [0.05, 0.1) is 48.4 Å². The summed E-state index contributed by atoms with van der Waals surface area (Å²) in [5.41, 5.74) is 15.7. The molecule has 0 aliphatic heterocycles. The average Bonchev–Trinajstić information content (AvgIpc) is 3.15. The maximum Gasteiger partial charge on any atom is 4.00 e. The number of benzene rings is 3. The van der Waals surface area contributed by atoms with Crippen molar-refractivity contribution in [3.05, 3.63) is 73.8 Å². The topological polar surface area (TPSA) is 0 Å². The fourth-order valence-electron chi connectivity index (χ4n) is 12.8. The normalized spacial score (nSPS) is 13.0. The number of hydrogen-bond donors (Lipinski definition) is 0. The first-order valence-electron chi connectivity index (χ1n) is 22.5. The second-order valence-corrected chi connectivity index (χ2v) is 58.6. The standard InChI is InChI=1S/C51H87Si7.3ClH.Ti/c1-32-29-42(49(55(20,21)22)39(8)45(32)52(11,12)13)58(48-37(6)35(4)36(5)38(48)7,43-30-33(2)46(53(14,15)16)40(9)50(43)56(23,24)25)44-31-34(3)47(54(17,18)19)41(10)51(44)57(26,27)28;;;;/h29-31H,1-28H3;3*1H;/q-1;;;;+4/p-3. The Hall–Kier alpha value is 0.112. The minimum absolute atomic E-state index is 0. The van der Waals surface area contributed by atoms with Crippen molar-refractivity contribution in [2.45, 2.75) is 187 Å². The molecule has 0 nitrogen and oxygen atoms in total. The van der Waals surface area contributed by atoms with Crippen LogP contribution in [0.1, 0.15) is 55.6 Å². The van der Waals surface area contributed by atoms with Crippen molar-refractivity contribution >= 4 is 108 Å². The third kappa shape index (κ3) is 10.7. The van der Waals surface area contributed by atoms with Gasteiger partial charge < -0.3 is 37.2 Å². The third-order valence-corrected chi connectivity index (χ3v) is 32.9. The number of hydrogen-bond acceptors (Lipinski definition) is 0. The molecule has 0 N–H and O–H groups in total. The Morgan fingerprint density at radius 1 is 0.290 bits per heavy atom. The van der Waals surface area contributed by atoms with Crippen LogP contribution in [0.25, 0.3) is 0 Å². The summed E-state index contributed by atoms with van der Waals surface area (Å²) in [5.74, 6) is 0. The van der Waals surface area contributed by atoms with Crippen LogP contribution in [0, 0.1) is 69.2 Å². The molecule has 0 spiro atoms. The molecule has 0 heterocycles. The minimum Gasteiger partial charge on any atom is -1.00 e. The molecular weight excluding hydrogens is 963 g/mol. The zero-order valence-electron chi connectivity index (χ0n) is 44.9. The molecule has 0 aromatic heterocycles. The summed E-state index contributed by atoms with van der Waals surface area (Å²) >= 11 is 0. The molecule has 0 aliphatic carbocycles. The van der Waals surface area contributed by atoms with Gasteiger partial charge in [-0.25, -0.2) is 0 Å². The number of aryl methyl sites for hydroxylation is 3. The molecule has 0 aliphatic rings. The molecule has 11 heteroatoms. The number of rotatable bonds is 10. The molecule has 0 saturated carbocycles. The van der Waals surface area contributed by atoms with Crippen LogP contribution in [0.4, 0.5) is 0 Å². The Labute approximate surface area is 424 Å². The van der Waals surface area contributed by atoms with Crippen LogP contribution in [0.5, 0.6) is 0 Å². The Morgan fingerprint density at radius 2 is 0.468 bits per heavy atom. The average molecular weight is 1050 g/mol. The van der Waals surface area contributed by atoms with Crippen molar-refractivity contribution < 1.29 is 58.9 Å². The van der Waals surface area contributed by atoms with Crippen molar-refractivity contribution in [3.8, 4) is 0 Å². The fourth-order valence-corrected chi connectivity index (χ4v) is 38.3.